The molecule has 2 N–H and O–H groups in total. The summed E-state index contributed by atoms with van der Waals surface area (Å²) < 4.78 is 6.02. The zero-order chi connectivity index (χ0) is 15.0. The van der Waals surface area contributed by atoms with Crippen molar-refractivity contribution in [2.45, 2.75) is 6.10 Å². The quantitative estimate of drug-likeness (QED) is 0.853. The number of fused-ring (bicyclic) bond motifs is 1. The number of rotatable bonds is 2. The summed E-state index contributed by atoms with van der Waals surface area (Å²) >= 11 is 9.29. The highest BCUT2D eigenvalue weighted by atomic mass is 79.9. The van der Waals surface area contributed by atoms with Gasteiger partial charge in [0.2, 0.25) is 0 Å². The third-order valence-electron chi connectivity index (χ3n) is 3.21. The standard InChI is InChI=1S/C15H11BrClNO3/c16-11-6-9(17)2-3-10(11)15(20)8-1-4-13-12(5-8)18-14(19)7-21-13/h1-6,15,20H,7H2,(H,18,19). The number of carbonyl (C=O) groups is 1. The van der Waals surface area contributed by atoms with E-state index in [0.717, 1.165) is 4.47 Å². The van der Waals surface area contributed by atoms with Gasteiger partial charge in [0.15, 0.2) is 6.61 Å². The third kappa shape index (κ3) is 2.90. The summed E-state index contributed by atoms with van der Waals surface area (Å²) in [7, 11) is 0. The number of ether oxygens (including phenoxy) is 1. The first-order chi connectivity index (χ1) is 10.0. The number of aliphatic hydroxyl groups excluding tert-OH is 1. The molecule has 0 fully saturated rings. The normalized spacial score (nSPS) is 14.9. The van der Waals surface area contributed by atoms with Crippen molar-refractivity contribution in [3.63, 3.8) is 0 Å². The lowest BCUT2D eigenvalue weighted by atomic mass is 10.0. The number of anilines is 1. The molecule has 2 aromatic carbocycles. The Kier molecular flexibility index (Phi) is 3.89. The number of nitrogens with one attached hydrogen (secondary N) is 1. The van der Waals surface area contributed by atoms with Crippen molar-refractivity contribution < 1.29 is 14.6 Å². The predicted octanol–water partition coefficient (Wildman–Crippen LogP) is 3.52. The van der Waals surface area contributed by atoms with E-state index in [0.29, 0.717) is 27.6 Å². The van der Waals surface area contributed by atoms with Gasteiger partial charge >= 0.3 is 0 Å². The van der Waals surface area contributed by atoms with Crippen LogP contribution in [-0.4, -0.2) is 17.6 Å². The van der Waals surface area contributed by atoms with E-state index in [-0.39, 0.29) is 12.5 Å². The molecule has 1 heterocycles. The minimum atomic E-state index is -0.833. The van der Waals surface area contributed by atoms with Crippen LogP contribution in [0.5, 0.6) is 5.75 Å². The summed E-state index contributed by atoms with van der Waals surface area (Å²) in [5, 5.41) is 13.8. The highest BCUT2D eigenvalue weighted by Gasteiger charge is 2.20. The zero-order valence-electron chi connectivity index (χ0n) is 10.8. The summed E-state index contributed by atoms with van der Waals surface area (Å²) in [5.41, 5.74) is 1.91. The molecule has 0 saturated carbocycles. The second-order valence-electron chi connectivity index (χ2n) is 4.66. The Labute approximate surface area is 134 Å². The van der Waals surface area contributed by atoms with Crippen LogP contribution in [0.3, 0.4) is 0 Å². The van der Waals surface area contributed by atoms with E-state index < -0.39 is 6.10 Å². The number of amides is 1. The molecule has 0 aromatic heterocycles. The van der Waals surface area contributed by atoms with Crippen molar-refractivity contribution in [3.05, 3.63) is 57.0 Å². The fourth-order valence-electron chi connectivity index (χ4n) is 2.17. The van der Waals surface area contributed by atoms with E-state index in [4.69, 9.17) is 16.3 Å². The summed E-state index contributed by atoms with van der Waals surface area (Å²) in [6.45, 7) is 0.0115. The van der Waals surface area contributed by atoms with Crippen molar-refractivity contribution in [1.82, 2.24) is 0 Å². The Morgan fingerprint density at radius 3 is 2.86 bits per heavy atom. The average molecular weight is 369 g/mol. The Balaban J connectivity index is 1.96. The Morgan fingerprint density at radius 2 is 2.10 bits per heavy atom. The van der Waals surface area contributed by atoms with Gasteiger partial charge < -0.3 is 15.2 Å². The maximum Gasteiger partial charge on any atom is 0.262 e. The molecule has 2 aromatic rings. The molecular weight excluding hydrogens is 358 g/mol. The molecule has 108 valence electrons. The molecule has 0 aliphatic carbocycles. The van der Waals surface area contributed by atoms with E-state index in [9.17, 15) is 9.90 Å². The van der Waals surface area contributed by atoms with Crippen molar-refractivity contribution in [3.8, 4) is 5.75 Å². The zero-order valence-corrected chi connectivity index (χ0v) is 13.1. The summed E-state index contributed by atoms with van der Waals surface area (Å²) in [5.74, 6) is 0.391. The number of halogens is 2. The van der Waals surface area contributed by atoms with Gasteiger partial charge in [0.25, 0.3) is 5.91 Å². The van der Waals surface area contributed by atoms with Gasteiger partial charge in [-0.3, -0.25) is 4.79 Å². The highest BCUT2D eigenvalue weighted by Crippen LogP contribution is 2.35. The predicted molar refractivity (Wildman–Crippen MR) is 83.8 cm³/mol. The Bertz CT molecular complexity index is 720. The second kappa shape index (κ2) is 5.67. The van der Waals surface area contributed by atoms with E-state index in [1.165, 1.54) is 0 Å². The molecule has 1 unspecified atom stereocenters. The molecule has 1 aliphatic rings. The largest absolute Gasteiger partial charge is 0.482 e. The lowest BCUT2D eigenvalue weighted by Crippen LogP contribution is -2.25. The van der Waals surface area contributed by atoms with Gasteiger partial charge in [0.05, 0.1) is 5.69 Å². The Hall–Kier alpha value is -1.56. The van der Waals surface area contributed by atoms with Gasteiger partial charge in [0.1, 0.15) is 11.9 Å². The molecule has 4 nitrogen and oxygen atoms in total. The molecule has 21 heavy (non-hydrogen) atoms. The lowest BCUT2D eigenvalue weighted by molar-refractivity contribution is -0.118. The van der Waals surface area contributed by atoms with E-state index >= 15 is 0 Å². The number of aliphatic hydroxyl groups is 1. The molecule has 0 radical (unpaired) electrons. The first-order valence-corrected chi connectivity index (χ1v) is 7.41. The Morgan fingerprint density at radius 1 is 1.29 bits per heavy atom. The lowest BCUT2D eigenvalue weighted by Gasteiger charge is -2.20. The number of hydrogen-bond acceptors (Lipinski definition) is 3. The smallest absolute Gasteiger partial charge is 0.262 e. The molecule has 0 bridgehead atoms. The van der Waals surface area contributed by atoms with Crippen molar-refractivity contribution in [1.29, 1.82) is 0 Å². The van der Waals surface area contributed by atoms with Gasteiger partial charge in [-0.15, -0.1) is 0 Å². The second-order valence-corrected chi connectivity index (χ2v) is 5.95. The van der Waals surface area contributed by atoms with Gasteiger partial charge in [-0.05, 0) is 35.4 Å². The summed E-state index contributed by atoms with van der Waals surface area (Å²) in [6.07, 6.45) is -0.833. The SMILES string of the molecule is O=C1COc2ccc(C(O)c3ccc(Cl)cc3Br)cc2N1. The van der Waals surface area contributed by atoms with Crippen LogP contribution < -0.4 is 10.1 Å². The van der Waals surface area contributed by atoms with Crippen molar-refractivity contribution >= 4 is 39.1 Å². The molecule has 1 atom stereocenters. The maximum atomic E-state index is 11.3. The summed E-state index contributed by atoms with van der Waals surface area (Å²) in [6, 6.07) is 10.4. The number of benzene rings is 2. The van der Waals surface area contributed by atoms with Gasteiger partial charge in [0, 0.05) is 9.50 Å². The molecule has 1 aliphatic heterocycles. The van der Waals surface area contributed by atoms with Crippen LogP contribution in [0.25, 0.3) is 0 Å². The van der Waals surface area contributed by atoms with Crippen LogP contribution >= 0.6 is 27.5 Å². The third-order valence-corrected chi connectivity index (χ3v) is 4.13. The van der Waals surface area contributed by atoms with Crippen LogP contribution in [0.1, 0.15) is 17.2 Å². The monoisotopic (exact) mass is 367 g/mol. The minimum absolute atomic E-state index is 0.0115. The van der Waals surface area contributed by atoms with Crippen LogP contribution in [0.4, 0.5) is 5.69 Å². The maximum absolute atomic E-state index is 11.3. The molecule has 0 spiro atoms. The fraction of sp³-hybridized carbons (Fsp3) is 0.133. The first kappa shape index (κ1) is 14.4. The molecule has 6 heteroatoms. The fourth-order valence-corrected chi connectivity index (χ4v) is 3.07. The van der Waals surface area contributed by atoms with Gasteiger partial charge in [-0.25, -0.2) is 0 Å². The topological polar surface area (TPSA) is 58.6 Å². The average Bonchev–Trinajstić information content (AvgIpc) is 2.46. The van der Waals surface area contributed by atoms with E-state index in [1.807, 2.05) is 0 Å². The van der Waals surface area contributed by atoms with Crippen LogP contribution in [-0.2, 0) is 4.79 Å². The number of hydrogen-bond donors (Lipinski definition) is 2. The minimum Gasteiger partial charge on any atom is -0.482 e. The molecule has 3 rings (SSSR count). The van der Waals surface area contributed by atoms with E-state index in [1.54, 1.807) is 36.4 Å². The van der Waals surface area contributed by atoms with Crippen LogP contribution in [0.2, 0.25) is 5.02 Å². The van der Waals surface area contributed by atoms with E-state index in [2.05, 4.69) is 21.2 Å². The van der Waals surface area contributed by atoms with Crippen molar-refractivity contribution in [2.24, 2.45) is 0 Å². The first-order valence-electron chi connectivity index (χ1n) is 6.24. The number of carbonyl (C=O) groups excluding carboxylic acids is 1. The van der Waals surface area contributed by atoms with Crippen molar-refractivity contribution in [2.75, 3.05) is 11.9 Å². The van der Waals surface area contributed by atoms with Gasteiger partial charge in [-0.1, -0.05) is 39.7 Å². The molecular formula is C15H11BrClNO3. The van der Waals surface area contributed by atoms with Gasteiger partial charge in [-0.2, -0.15) is 0 Å². The van der Waals surface area contributed by atoms with Crippen LogP contribution in [0, 0.1) is 0 Å². The molecule has 0 saturated heterocycles. The van der Waals surface area contributed by atoms with Crippen LogP contribution in [0.15, 0.2) is 40.9 Å². The highest BCUT2D eigenvalue weighted by molar-refractivity contribution is 9.10. The summed E-state index contributed by atoms with van der Waals surface area (Å²) in [4.78, 5) is 11.3. The molecule has 1 amide bonds.